The Morgan fingerprint density at radius 2 is 1.77 bits per heavy atom. The van der Waals surface area contributed by atoms with Crippen molar-refractivity contribution in [3.63, 3.8) is 0 Å². The number of anilines is 3. The molecule has 2 aromatic carbocycles. The number of aliphatic hydroxyl groups excluding tert-OH is 3. The molecule has 11 nitrogen and oxygen atoms in total. The molecule has 4 rings (SSSR count). The Balaban J connectivity index is 1.76. The number of rotatable bonds is 12. The van der Waals surface area contributed by atoms with Gasteiger partial charge in [0.2, 0.25) is 11.9 Å². The molecule has 0 radical (unpaired) electrons. The van der Waals surface area contributed by atoms with Crippen molar-refractivity contribution < 1.29 is 29.6 Å². The molecule has 2 heterocycles. The number of fused-ring (bicyclic) bond motifs is 1. The van der Waals surface area contributed by atoms with E-state index in [2.05, 4.69) is 27.2 Å². The van der Waals surface area contributed by atoms with Crippen molar-refractivity contribution in [2.45, 2.75) is 25.1 Å². The number of amides is 1. The maximum Gasteiger partial charge on any atom is 0.247 e. The van der Waals surface area contributed by atoms with Crippen LogP contribution in [0.4, 0.5) is 17.5 Å². The standard InChI is InChI=1S/C30H33Cl2N5O6/c1-5-23(40)34-19-8-6-17(7-9-19)10-11-37-27-18(14-33-29(35-27)36-30(2,15-38)16-39)12-20(28(37)41)24-25(31)21(42-3)13-22(43-4)26(24)32/h5-9,12-14,28,38-39,41H,1,10-11,15-16H2,2-4H3,(H,34,40)(H,33,35,36). The van der Waals surface area contributed by atoms with E-state index in [1.165, 1.54) is 20.3 Å². The second-order valence-electron chi connectivity index (χ2n) is 10.1. The number of benzene rings is 2. The van der Waals surface area contributed by atoms with E-state index in [0.717, 1.165) is 5.56 Å². The predicted molar refractivity (Wildman–Crippen MR) is 168 cm³/mol. The quantitative estimate of drug-likeness (QED) is 0.186. The molecule has 1 atom stereocenters. The van der Waals surface area contributed by atoms with E-state index in [1.54, 1.807) is 42.3 Å². The van der Waals surface area contributed by atoms with Crippen molar-refractivity contribution >= 4 is 58.2 Å². The van der Waals surface area contributed by atoms with Crippen molar-refractivity contribution in [2.24, 2.45) is 0 Å². The van der Waals surface area contributed by atoms with Gasteiger partial charge in [0.25, 0.3) is 0 Å². The van der Waals surface area contributed by atoms with Crippen LogP contribution >= 0.6 is 23.2 Å². The van der Waals surface area contributed by atoms with E-state index in [4.69, 9.17) is 32.7 Å². The number of methoxy groups -OCH3 is 2. The molecule has 1 aliphatic rings. The number of hydrogen-bond acceptors (Lipinski definition) is 10. The zero-order valence-corrected chi connectivity index (χ0v) is 25.4. The summed E-state index contributed by atoms with van der Waals surface area (Å²) in [6.07, 6.45) is 3.69. The molecule has 0 spiro atoms. The van der Waals surface area contributed by atoms with Gasteiger partial charge in [-0.05, 0) is 43.2 Å². The molecule has 0 saturated heterocycles. The third-order valence-electron chi connectivity index (χ3n) is 6.97. The Kier molecular flexibility index (Phi) is 10.2. The fourth-order valence-corrected chi connectivity index (χ4v) is 5.18. The van der Waals surface area contributed by atoms with Gasteiger partial charge in [-0.3, -0.25) is 4.79 Å². The number of carbonyl (C=O) groups is 1. The molecule has 0 fully saturated rings. The van der Waals surface area contributed by atoms with Gasteiger partial charge in [0, 0.05) is 41.2 Å². The van der Waals surface area contributed by atoms with Gasteiger partial charge in [0.05, 0.1) is 43.0 Å². The zero-order valence-electron chi connectivity index (χ0n) is 23.9. The van der Waals surface area contributed by atoms with E-state index in [0.29, 0.717) is 52.7 Å². The first kappa shape index (κ1) is 32.1. The number of halogens is 2. The fourth-order valence-electron chi connectivity index (χ4n) is 4.47. The monoisotopic (exact) mass is 629 g/mol. The summed E-state index contributed by atoms with van der Waals surface area (Å²) in [6, 6.07) is 8.86. The minimum atomic E-state index is -1.25. The van der Waals surface area contributed by atoms with Crippen LogP contribution in [-0.2, 0) is 11.2 Å². The number of hydrogen-bond donors (Lipinski definition) is 5. The molecule has 228 valence electrons. The van der Waals surface area contributed by atoms with Crippen molar-refractivity contribution in [1.82, 2.24) is 9.97 Å². The maximum atomic E-state index is 11.8. The van der Waals surface area contributed by atoms with Crippen LogP contribution in [0.3, 0.4) is 0 Å². The van der Waals surface area contributed by atoms with Crippen molar-refractivity contribution in [3.8, 4) is 11.5 Å². The number of nitrogens with one attached hydrogen (secondary N) is 2. The number of nitrogens with zero attached hydrogens (tertiary/aromatic N) is 3. The molecule has 1 aliphatic heterocycles. The number of ether oxygens (including phenoxy) is 2. The van der Waals surface area contributed by atoms with Gasteiger partial charge >= 0.3 is 0 Å². The Labute approximate surface area is 259 Å². The Bertz CT molecular complexity index is 1500. The summed E-state index contributed by atoms with van der Waals surface area (Å²) in [5.41, 5.74) is 1.76. The lowest BCUT2D eigenvalue weighted by Crippen LogP contribution is -2.44. The van der Waals surface area contributed by atoms with Crippen molar-refractivity contribution in [3.05, 3.63) is 75.9 Å². The van der Waals surface area contributed by atoms with E-state index in [9.17, 15) is 20.1 Å². The van der Waals surface area contributed by atoms with Crippen molar-refractivity contribution in [2.75, 3.05) is 49.5 Å². The molecule has 0 aliphatic carbocycles. The minimum Gasteiger partial charge on any atom is -0.495 e. The molecule has 1 unspecified atom stereocenters. The predicted octanol–water partition coefficient (Wildman–Crippen LogP) is 4.00. The number of aromatic nitrogens is 2. The smallest absolute Gasteiger partial charge is 0.247 e. The minimum absolute atomic E-state index is 0.153. The number of aliphatic hydroxyl groups is 3. The molecule has 1 amide bonds. The van der Waals surface area contributed by atoms with E-state index in [1.807, 2.05) is 12.1 Å². The lowest BCUT2D eigenvalue weighted by molar-refractivity contribution is -0.111. The number of carbonyl (C=O) groups excluding carboxylic acids is 1. The molecule has 5 N–H and O–H groups in total. The first-order valence-corrected chi connectivity index (χ1v) is 14.0. The lowest BCUT2D eigenvalue weighted by atomic mass is 9.96. The molecule has 1 aromatic heterocycles. The molecule has 0 bridgehead atoms. The summed E-state index contributed by atoms with van der Waals surface area (Å²) in [6.45, 7) is 4.66. The van der Waals surface area contributed by atoms with Gasteiger partial charge in [-0.25, -0.2) is 4.98 Å². The van der Waals surface area contributed by atoms with Gasteiger partial charge in [-0.1, -0.05) is 41.9 Å². The molecular weight excluding hydrogens is 597 g/mol. The van der Waals surface area contributed by atoms with E-state index in [-0.39, 0.29) is 35.1 Å². The first-order valence-electron chi connectivity index (χ1n) is 13.2. The third kappa shape index (κ3) is 6.87. The highest BCUT2D eigenvalue weighted by Gasteiger charge is 2.34. The topological polar surface area (TPSA) is 149 Å². The van der Waals surface area contributed by atoms with Crippen LogP contribution < -0.4 is 25.0 Å². The van der Waals surface area contributed by atoms with Gasteiger partial charge in [-0.15, -0.1) is 0 Å². The summed E-state index contributed by atoms with van der Waals surface area (Å²) in [5.74, 6) is 0.878. The van der Waals surface area contributed by atoms with Crippen LogP contribution in [0, 0.1) is 0 Å². The van der Waals surface area contributed by atoms with Gasteiger partial charge < -0.3 is 40.3 Å². The van der Waals surface area contributed by atoms with Crippen LogP contribution in [0.2, 0.25) is 10.0 Å². The van der Waals surface area contributed by atoms with Crippen LogP contribution in [0.15, 0.2) is 49.2 Å². The Hall–Kier alpha value is -3.87. The highest BCUT2D eigenvalue weighted by Crippen LogP contribution is 2.47. The fraction of sp³-hybridized carbons (Fsp3) is 0.300. The summed E-state index contributed by atoms with van der Waals surface area (Å²) in [7, 11) is 2.93. The van der Waals surface area contributed by atoms with Crippen LogP contribution in [-0.4, -0.2) is 76.9 Å². The summed E-state index contributed by atoms with van der Waals surface area (Å²) in [5, 5.41) is 37.4. The summed E-state index contributed by atoms with van der Waals surface area (Å²) in [4.78, 5) is 22.3. The normalized spacial score (nSPS) is 14.5. The van der Waals surface area contributed by atoms with Crippen LogP contribution in [0.1, 0.15) is 23.6 Å². The average Bonchev–Trinajstić information content (AvgIpc) is 3.01. The maximum absolute atomic E-state index is 11.8. The second-order valence-corrected chi connectivity index (χ2v) is 10.8. The summed E-state index contributed by atoms with van der Waals surface area (Å²) < 4.78 is 10.9. The molecular formula is C30H33Cl2N5O6. The van der Waals surface area contributed by atoms with Crippen LogP contribution in [0.25, 0.3) is 11.6 Å². The lowest BCUT2D eigenvalue weighted by Gasteiger charge is -2.36. The second kappa shape index (κ2) is 13.6. The highest BCUT2D eigenvalue weighted by atomic mass is 35.5. The first-order chi connectivity index (χ1) is 20.6. The SMILES string of the molecule is C=CC(=O)Nc1ccc(CCN2c3nc(NC(C)(CO)CO)ncc3C=C(c3c(Cl)c(OC)cc(OC)c3Cl)C2O)cc1. The van der Waals surface area contributed by atoms with E-state index < -0.39 is 11.8 Å². The molecule has 43 heavy (non-hydrogen) atoms. The van der Waals surface area contributed by atoms with Crippen LogP contribution in [0.5, 0.6) is 11.5 Å². The Morgan fingerprint density at radius 1 is 1.14 bits per heavy atom. The summed E-state index contributed by atoms with van der Waals surface area (Å²) >= 11 is 13.4. The van der Waals surface area contributed by atoms with Crippen molar-refractivity contribution in [1.29, 1.82) is 0 Å². The van der Waals surface area contributed by atoms with Gasteiger partial charge in [-0.2, -0.15) is 4.98 Å². The zero-order chi connectivity index (χ0) is 31.3. The average molecular weight is 631 g/mol. The van der Waals surface area contributed by atoms with E-state index >= 15 is 0 Å². The molecule has 3 aromatic rings. The van der Waals surface area contributed by atoms with Gasteiger partial charge in [0.1, 0.15) is 17.3 Å². The Morgan fingerprint density at radius 3 is 2.33 bits per heavy atom. The third-order valence-corrected chi connectivity index (χ3v) is 7.72. The van der Waals surface area contributed by atoms with Gasteiger partial charge in [0.15, 0.2) is 6.23 Å². The molecule has 0 saturated carbocycles. The molecule has 13 heteroatoms. The highest BCUT2D eigenvalue weighted by molar-refractivity contribution is 6.40. The largest absolute Gasteiger partial charge is 0.495 e.